The Hall–Kier alpha value is -1.39. The molecule has 3 N–H and O–H groups in total. The average molecular weight is 234 g/mol. The minimum atomic E-state index is -0.663. The van der Waals surface area contributed by atoms with Gasteiger partial charge in [0.1, 0.15) is 0 Å². The lowest BCUT2D eigenvalue weighted by molar-refractivity contribution is -0.134. The van der Waals surface area contributed by atoms with Crippen LogP contribution in [-0.2, 0) is 11.3 Å². The largest absolute Gasteiger partial charge is 0.395 e. The van der Waals surface area contributed by atoms with Crippen LogP contribution in [0.25, 0.3) is 0 Å². The Labute approximate surface area is 101 Å². The van der Waals surface area contributed by atoms with Crippen LogP contribution in [0.1, 0.15) is 18.4 Å². The third kappa shape index (κ3) is 2.84. The maximum atomic E-state index is 12.1. The maximum absolute atomic E-state index is 12.1. The molecule has 1 aliphatic rings. The smallest absolute Gasteiger partial charge is 0.243 e. The third-order valence-corrected chi connectivity index (χ3v) is 3.09. The first-order valence-corrected chi connectivity index (χ1v) is 5.89. The SMILES string of the molecule is NC1(C(=O)N(CCO)Cc2ccccc2)CC1. The first-order valence-electron chi connectivity index (χ1n) is 5.89. The second-order valence-electron chi connectivity index (χ2n) is 4.59. The Bertz CT molecular complexity index is 388. The van der Waals surface area contributed by atoms with E-state index in [1.54, 1.807) is 4.90 Å². The van der Waals surface area contributed by atoms with E-state index >= 15 is 0 Å². The van der Waals surface area contributed by atoms with Crippen molar-refractivity contribution in [1.82, 2.24) is 4.90 Å². The molecule has 1 saturated carbocycles. The molecule has 0 heterocycles. The molecule has 0 saturated heterocycles. The molecule has 0 aliphatic heterocycles. The van der Waals surface area contributed by atoms with Crippen LogP contribution in [-0.4, -0.2) is 34.6 Å². The molecule has 1 amide bonds. The summed E-state index contributed by atoms with van der Waals surface area (Å²) in [7, 11) is 0. The zero-order valence-electron chi connectivity index (χ0n) is 9.80. The summed E-state index contributed by atoms with van der Waals surface area (Å²) >= 11 is 0. The lowest BCUT2D eigenvalue weighted by Crippen LogP contribution is -2.46. The molecule has 4 heteroatoms. The van der Waals surface area contributed by atoms with E-state index in [0.29, 0.717) is 13.1 Å². The van der Waals surface area contributed by atoms with Crippen molar-refractivity contribution in [2.45, 2.75) is 24.9 Å². The van der Waals surface area contributed by atoms with Crippen LogP contribution in [0.15, 0.2) is 30.3 Å². The Balaban J connectivity index is 2.05. The van der Waals surface area contributed by atoms with Gasteiger partial charge in [-0.25, -0.2) is 0 Å². The quantitative estimate of drug-likeness (QED) is 0.779. The molecule has 1 fully saturated rings. The van der Waals surface area contributed by atoms with Crippen molar-refractivity contribution in [2.75, 3.05) is 13.2 Å². The van der Waals surface area contributed by atoms with E-state index in [4.69, 9.17) is 10.8 Å². The molecule has 4 nitrogen and oxygen atoms in total. The molecule has 0 unspecified atom stereocenters. The normalized spacial score (nSPS) is 16.6. The number of carbonyl (C=O) groups excluding carboxylic acids is 1. The Morgan fingerprint density at radius 3 is 2.53 bits per heavy atom. The van der Waals surface area contributed by atoms with Gasteiger partial charge < -0.3 is 15.7 Å². The summed E-state index contributed by atoms with van der Waals surface area (Å²) in [5.74, 6) is -0.0459. The van der Waals surface area contributed by atoms with Crippen molar-refractivity contribution < 1.29 is 9.90 Å². The summed E-state index contributed by atoms with van der Waals surface area (Å²) in [6.07, 6.45) is 1.51. The molecule has 0 spiro atoms. The van der Waals surface area contributed by atoms with E-state index in [9.17, 15) is 4.79 Å². The molecule has 1 aromatic carbocycles. The van der Waals surface area contributed by atoms with Crippen LogP contribution in [0.2, 0.25) is 0 Å². The molecule has 0 bridgehead atoms. The van der Waals surface area contributed by atoms with Gasteiger partial charge in [0, 0.05) is 13.1 Å². The Kier molecular flexibility index (Phi) is 3.45. The molecule has 2 rings (SSSR count). The summed E-state index contributed by atoms with van der Waals surface area (Å²) in [5.41, 5.74) is 6.29. The second kappa shape index (κ2) is 4.85. The van der Waals surface area contributed by atoms with Crippen LogP contribution >= 0.6 is 0 Å². The minimum absolute atomic E-state index is 0.0331. The monoisotopic (exact) mass is 234 g/mol. The lowest BCUT2D eigenvalue weighted by atomic mass is 10.2. The van der Waals surface area contributed by atoms with Gasteiger partial charge in [-0.2, -0.15) is 0 Å². The van der Waals surface area contributed by atoms with E-state index in [1.807, 2.05) is 30.3 Å². The number of rotatable bonds is 5. The van der Waals surface area contributed by atoms with Crippen molar-refractivity contribution >= 4 is 5.91 Å². The van der Waals surface area contributed by atoms with Gasteiger partial charge in [0.05, 0.1) is 12.1 Å². The van der Waals surface area contributed by atoms with Gasteiger partial charge in [-0.05, 0) is 18.4 Å². The van der Waals surface area contributed by atoms with Gasteiger partial charge in [-0.3, -0.25) is 4.79 Å². The van der Waals surface area contributed by atoms with Crippen LogP contribution in [0.5, 0.6) is 0 Å². The van der Waals surface area contributed by atoms with E-state index < -0.39 is 5.54 Å². The summed E-state index contributed by atoms with van der Waals surface area (Å²) < 4.78 is 0. The van der Waals surface area contributed by atoms with Gasteiger partial charge in [0.2, 0.25) is 5.91 Å². The van der Waals surface area contributed by atoms with Crippen molar-refractivity contribution in [2.24, 2.45) is 5.73 Å². The predicted molar refractivity (Wildman–Crippen MR) is 65.1 cm³/mol. The number of hydrogen-bond donors (Lipinski definition) is 2. The Morgan fingerprint density at radius 2 is 2.00 bits per heavy atom. The van der Waals surface area contributed by atoms with Crippen molar-refractivity contribution in [3.8, 4) is 0 Å². The second-order valence-corrected chi connectivity index (χ2v) is 4.59. The van der Waals surface area contributed by atoms with Gasteiger partial charge in [-0.1, -0.05) is 30.3 Å². The molecule has 0 aromatic heterocycles. The van der Waals surface area contributed by atoms with Crippen molar-refractivity contribution in [1.29, 1.82) is 0 Å². The van der Waals surface area contributed by atoms with E-state index in [0.717, 1.165) is 18.4 Å². The highest BCUT2D eigenvalue weighted by molar-refractivity contribution is 5.89. The molecule has 0 radical (unpaired) electrons. The molecule has 17 heavy (non-hydrogen) atoms. The maximum Gasteiger partial charge on any atom is 0.243 e. The molecule has 0 atom stereocenters. The fourth-order valence-corrected chi connectivity index (χ4v) is 1.84. The van der Waals surface area contributed by atoms with Crippen molar-refractivity contribution in [3.05, 3.63) is 35.9 Å². The number of aliphatic hydroxyl groups excluding tert-OH is 1. The lowest BCUT2D eigenvalue weighted by Gasteiger charge is -2.25. The van der Waals surface area contributed by atoms with E-state index in [-0.39, 0.29) is 12.5 Å². The summed E-state index contributed by atoms with van der Waals surface area (Å²) in [6.45, 7) is 0.820. The number of hydrogen-bond acceptors (Lipinski definition) is 3. The van der Waals surface area contributed by atoms with E-state index in [2.05, 4.69) is 0 Å². The standard InChI is InChI=1S/C13H18N2O2/c14-13(6-7-13)12(17)15(8-9-16)10-11-4-2-1-3-5-11/h1-5,16H,6-10,14H2. The molecule has 1 aliphatic carbocycles. The van der Waals surface area contributed by atoms with Crippen LogP contribution in [0, 0.1) is 0 Å². The summed E-state index contributed by atoms with van der Waals surface area (Å²) in [4.78, 5) is 13.8. The topological polar surface area (TPSA) is 66.6 Å². The number of benzene rings is 1. The van der Waals surface area contributed by atoms with E-state index in [1.165, 1.54) is 0 Å². The zero-order valence-corrected chi connectivity index (χ0v) is 9.80. The number of nitrogens with zero attached hydrogens (tertiary/aromatic N) is 1. The van der Waals surface area contributed by atoms with Crippen LogP contribution in [0.4, 0.5) is 0 Å². The number of carbonyl (C=O) groups is 1. The van der Waals surface area contributed by atoms with Gasteiger partial charge in [-0.15, -0.1) is 0 Å². The first kappa shape index (κ1) is 12.1. The van der Waals surface area contributed by atoms with Gasteiger partial charge in [0.15, 0.2) is 0 Å². The summed E-state index contributed by atoms with van der Waals surface area (Å²) in [5, 5.41) is 9.02. The van der Waals surface area contributed by atoms with Crippen molar-refractivity contribution in [3.63, 3.8) is 0 Å². The molecule has 92 valence electrons. The number of nitrogens with two attached hydrogens (primary N) is 1. The van der Waals surface area contributed by atoms with Gasteiger partial charge >= 0.3 is 0 Å². The molecular formula is C13H18N2O2. The average Bonchev–Trinajstić information content (AvgIpc) is 3.09. The highest BCUT2D eigenvalue weighted by Gasteiger charge is 2.47. The predicted octanol–water partition coefficient (Wildman–Crippen LogP) is 0.499. The number of amides is 1. The number of aliphatic hydroxyl groups is 1. The molecule has 1 aromatic rings. The minimum Gasteiger partial charge on any atom is -0.395 e. The fraction of sp³-hybridized carbons (Fsp3) is 0.462. The summed E-state index contributed by atoms with van der Waals surface area (Å²) in [6, 6.07) is 9.74. The molecular weight excluding hydrogens is 216 g/mol. The Morgan fingerprint density at radius 1 is 1.35 bits per heavy atom. The van der Waals surface area contributed by atoms with Crippen LogP contribution in [0.3, 0.4) is 0 Å². The third-order valence-electron chi connectivity index (χ3n) is 3.09. The highest BCUT2D eigenvalue weighted by atomic mass is 16.3. The first-order chi connectivity index (χ1) is 8.15. The highest BCUT2D eigenvalue weighted by Crippen LogP contribution is 2.34. The van der Waals surface area contributed by atoms with Crippen LogP contribution < -0.4 is 5.73 Å². The fourth-order valence-electron chi connectivity index (χ4n) is 1.84. The van der Waals surface area contributed by atoms with Gasteiger partial charge in [0.25, 0.3) is 0 Å². The zero-order chi connectivity index (χ0) is 12.3.